The van der Waals surface area contributed by atoms with E-state index in [4.69, 9.17) is 10.5 Å². The van der Waals surface area contributed by atoms with E-state index >= 15 is 0 Å². The van der Waals surface area contributed by atoms with Gasteiger partial charge in [-0.25, -0.2) is 4.39 Å². The van der Waals surface area contributed by atoms with E-state index in [-0.39, 0.29) is 11.1 Å². The standard InChI is InChI=1S/C8H3FN2/c9-8-6(4-10)2-1-3-7(8)5-11/h1-3H/i9-1. The van der Waals surface area contributed by atoms with Crippen molar-refractivity contribution in [2.75, 3.05) is 0 Å². The van der Waals surface area contributed by atoms with Crippen LogP contribution in [-0.2, 0) is 0 Å². The van der Waals surface area contributed by atoms with Gasteiger partial charge in [-0.3, -0.25) is 0 Å². The van der Waals surface area contributed by atoms with Crippen LogP contribution < -0.4 is 0 Å². The number of hydrogen-bond donors (Lipinski definition) is 0. The first-order chi connectivity index (χ1) is 5.29. The Kier molecular flexibility index (Phi) is 1.85. The zero-order valence-corrected chi connectivity index (χ0v) is 5.50. The molecule has 0 saturated carbocycles. The molecule has 0 radical (unpaired) electrons. The summed E-state index contributed by atoms with van der Waals surface area (Å²) < 4.78 is 12.8. The van der Waals surface area contributed by atoms with Crippen molar-refractivity contribution >= 4 is 0 Å². The summed E-state index contributed by atoms with van der Waals surface area (Å²) in [6.45, 7) is 0. The molecule has 0 fully saturated rings. The molecule has 0 amide bonds. The molecule has 3 heteroatoms. The second kappa shape index (κ2) is 2.81. The summed E-state index contributed by atoms with van der Waals surface area (Å²) >= 11 is 0. The maximum atomic E-state index is 12.8. The average Bonchev–Trinajstić information content (AvgIpc) is 2.05. The quantitative estimate of drug-likeness (QED) is 0.556. The van der Waals surface area contributed by atoms with Crippen molar-refractivity contribution in [3.63, 3.8) is 0 Å². The van der Waals surface area contributed by atoms with Gasteiger partial charge in [-0.05, 0) is 12.1 Å². The van der Waals surface area contributed by atoms with Crippen molar-refractivity contribution in [1.29, 1.82) is 10.5 Å². The lowest BCUT2D eigenvalue weighted by atomic mass is 10.1. The minimum Gasteiger partial charge on any atom is -0.204 e. The predicted octanol–water partition coefficient (Wildman–Crippen LogP) is 1.57. The smallest absolute Gasteiger partial charge is 0.158 e. The normalized spacial score (nSPS) is 8.27. The Morgan fingerprint density at radius 2 is 1.55 bits per heavy atom. The van der Waals surface area contributed by atoms with Gasteiger partial charge in [0.05, 0.1) is 11.1 Å². The van der Waals surface area contributed by atoms with Crippen molar-refractivity contribution in [3.05, 3.63) is 35.1 Å². The lowest BCUT2D eigenvalue weighted by molar-refractivity contribution is 0.620. The van der Waals surface area contributed by atoms with Gasteiger partial charge >= 0.3 is 0 Å². The van der Waals surface area contributed by atoms with E-state index in [1.54, 1.807) is 12.1 Å². The fourth-order valence-electron chi connectivity index (χ4n) is 0.705. The molecule has 1 aromatic carbocycles. The predicted molar refractivity (Wildman–Crippen MR) is 35.8 cm³/mol. The first kappa shape index (κ1) is 7.24. The van der Waals surface area contributed by atoms with E-state index < -0.39 is 5.82 Å². The minimum atomic E-state index is -0.738. The Hall–Kier alpha value is -1.87. The summed E-state index contributed by atoms with van der Waals surface area (Å²) in [6, 6.07) is 7.42. The second-order valence-electron chi connectivity index (χ2n) is 1.89. The van der Waals surface area contributed by atoms with Crippen LogP contribution in [0.25, 0.3) is 0 Å². The Morgan fingerprint density at radius 1 is 1.09 bits per heavy atom. The molecule has 0 aromatic heterocycles. The van der Waals surface area contributed by atoms with Crippen LogP contribution >= 0.6 is 0 Å². The molecular weight excluding hydrogens is 142 g/mol. The Morgan fingerprint density at radius 3 is 1.91 bits per heavy atom. The molecule has 11 heavy (non-hydrogen) atoms. The lowest BCUT2D eigenvalue weighted by Gasteiger charge is -1.92. The van der Waals surface area contributed by atoms with Crippen LogP contribution in [0, 0.1) is 28.5 Å². The van der Waals surface area contributed by atoms with Crippen LogP contribution in [0.3, 0.4) is 0 Å². The number of benzene rings is 1. The molecule has 0 unspecified atom stereocenters. The molecule has 1 aromatic rings. The molecule has 52 valence electrons. The van der Waals surface area contributed by atoms with Gasteiger partial charge in [0.2, 0.25) is 0 Å². The molecule has 2 nitrogen and oxygen atoms in total. The topological polar surface area (TPSA) is 47.6 Å². The van der Waals surface area contributed by atoms with Gasteiger partial charge < -0.3 is 0 Å². The highest BCUT2D eigenvalue weighted by Gasteiger charge is 2.04. The van der Waals surface area contributed by atoms with Crippen molar-refractivity contribution < 1.29 is 4.39 Å². The van der Waals surface area contributed by atoms with E-state index in [0.29, 0.717) is 0 Å². The molecule has 0 aliphatic rings. The third kappa shape index (κ3) is 1.17. The third-order valence-corrected chi connectivity index (χ3v) is 1.24. The SMILES string of the molecule is N#Cc1cccc(C#N)c1[18F]. The molecule has 0 aliphatic heterocycles. The fourth-order valence-corrected chi connectivity index (χ4v) is 0.705. The van der Waals surface area contributed by atoms with E-state index in [9.17, 15) is 4.39 Å². The summed E-state index contributed by atoms with van der Waals surface area (Å²) in [5.41, 5.74) is -0.187. The summed E-state index contributed by atoms with van der Waals surface area (Å²) in [4.78, 5) is 0. The Bertz CT molecular complexity index is 325. The van der Waals surface area contributed by atoms with Crippen molar-refractivity contribution in [2.24, 2.45) is 0 Å². The molecule has 0 aliphatic carbocycles. The molecule has 0 atom stereocenters. The zero-order valence-electron chi connectivity index (χ0n) is 5.50. The third-order valence-electron chi connectivity index (χ3n) is 1.24. The highest BCUT2D eigenvalue weighted by Crippen LogP contribution is 2.09. The van der Waals surface area contributed by atoms with E-state index in [0.717, 1.165) is 0 Å². The van der Waals surface area contributed by atoms with Gasteiger partial charge in [-0.15, -0.1) is 0 Å². The van der Waals surface area contributed by atoms with Crippen LogP contribution in [0.5, 0.6) is 0 Å². The van der Waals surface area contributed by atoms with Crippen molar-refractivity contribution in [3.8, 4) is 12.1 Å². The average molecular weight is 145 g/mol. The summed E-state index contributed by atoms with van der Waals surface area (Å²) in [5.74, 6) is -0.738. The van der Waals surface area contributed by atoms with Crippen LogP contribution in [0.4, 0.5) is 4.39 Å². The summed E-state index contributed by atoms with van der Waals surface area (Å²) in [5, 5.41) is 16.7. The molecule has 0 spiro atoms. The molecule has 0 saturated heterocycles. The van der Waals surface area contributed by atoms with Gasteiger partial charge in [0.1, 0.15) is 12.1 Å². The number of nitriles is 2. The molecule has 0 heterocycles. The monoisotopic (exact) mass is 145 g/mol. The maximum absolute atomic E-state index is 12.8. The largest absolute Gasteiger partial charge is 0.204 e. The minimum absolute atomic E-state index is 0.0935. The zero-order chi connectivity index (χ0) is 8.27. The molecule has 1 rings (SSSR count). The Balaban J connectivity index is 3.38. The van der Waals surface area contributed by atoms with Crippen LogP contribution in [0.15, 0.2) is 18.2 Å². The summed E-state index contributed by atoms with van der Waals surface area (Å²) in [7, 11) is 0. The van der Waals surface area contributed by atoms with Crippen LogP contribution in [0.2, 0.25) is 0 Å². The van der Waals surface area contributed by atoms with E-state index in [2.05, 4.69) is 0 Å². The lowest BCUT2D eigenvalue weighted by Crippen LogP contribution is -1.87. The highest BCUT2D eigenvalue weighted by molar-refractivity contribution is 5.40. The van der Waals surface area contributed by atoms with Gasteiger partial charge in [0.15, 0.2) is 5.82 Å². The number of hydrogen-bond acceptors (Lipinski definition) is 2. The maximum Gasteiger partial charge on any atom is 0.158 e. The Labute approximate surface area is 63.1 Å². The van der Waals surface area contributed by atoms with Crippen LogP contribution in [0.1, 0.15) is 11.1 Å². The van der Waals surface area contributed by atoms with Crippen molar-refractivity contribution in [1.82, 2.24) is 0 Å². The van der Waals surface area contributed by atoms with Gasteiger partial charge in [-0.1, -0.05) is 6.07 Å². The second-order valence-corrected chi connectivity index (χ2v) is 1.89. The summed E-state index contributed by atoms with van der Waals surface area (Å²) in [6.07, 6.45) is 0. The number of halogens is 1. The molecule has 0 N–H and O–H groups in total. The first-order valence-electron chi connectivity index (χ1n) is 2.88. The fraction of sp³-hybridized carbons (Fsp3) is 0. The highest BCUT2D eigenvalue weighted by atomic mass is 18.2. The molecular formula is C8H3FN2. The van der Waals surface area contributed by atoms with Gasteiger partial charge in [0.25, 0.3) is 0 Å². The van der Waals surface area contributed by atoms with E-state index in [1.807, 2.05) is 0 Å². The van der Waals surface area contributed by atoms with Gasteiger partial charge in [0, 0.05) is 0 Å². The number of rotatable bonds is 0. The van der Waals surface area contributed by atoms with E-state index in [1.165, 1.54) is 18.2 Å². The van der Waals surface area contributed by atoms with Crippen LogP contribution in [-0.4, -0.2) is 0 Å². The van der Waals surface area contributed by atoms with Gasteiger partial charge in [-0.2, -0.15) is 10.5 Å². The van der Waals surface area contributed by atoms with Crippen molar-refractivity contribution in [2.45, 2.75) is 0 Å². The molecule has 0 bridgehead atoms. The first-order valence-corrected chi connectivity index (χ1v) is 2.88. The number of nitrogens with zero attached hydrogens (tertiary/aromatic N) is 2.